The molecule has 1 aromatic heterocycles. The summed E-state index contributed by atoms with van der Waals surface area (Å²) in [5.74, 6) is -1.24. The fraction of sp³-hybridized carbons (Fsp3) is 0.294. The van der Waals surface area contributed by atoms with E-state index in [1.165, 1.54) is 18.3 Å². The number of aryl methyl sites for hydroxylation is 2. The van der Waals surface area contributed by atoms with Crippen molar-refractivity contribution in [2.24, 2.45) is 0 Å². The van der Waals surface area contributed by atoms with Crippen molar-refractivity contribution in [2.45, 2.75) is 33.1 Å². The number of thiophene rings is 1. The van der Waals surface area contributed by atoms with Crippen LogP contribution in [0.3, 0.4) is 0 Å². The molecular weight excluding hydrogens is 355 g/mol. The summed E-state index contributed by atoms with van der Waals surface area (Å²) in [6, 6.07) is 5.69. The molecule has 0 radical (unpaired) electrons. The number of benzene rings is 1. The van der Waals surface area contributed by atoms with Crippen molar-refractivity contribution < 1.29 is 27.5 Å². The number of hydrogen-bond donors (Lipinski definition) is 1. The number of halogens is 3. The van der Waals surface area contributed by atoms with Crippen LogP contribution in [0.4, 0.5) is 18.9 Å². The fourth-order valence-electron chi connectivity index (χ4n) is 2.10. The highest BCUT2D eigenvalue weighted by Gasteiger charge is 2.30. The van der Waals surface area contributed by atoms with Crippen LogP contribution in [0.25, 0.3) is 0 Å². The van der Waals surface area contributed by atoms with E-state index in [0.717, 1.165) is 34.0 Å². The molecule has 8 heteroatoms. The van der Waals surface area contributed by atoms with E-state index in [1.807, 2.05) is 6.92 Å². The maximum absolute atomic E-state index is 12.5. The normalized spacial score (nSPS) is 12.6. The van der Waals surface area contributed by atoms with Gasteiger partial charge in [-0.2, -0.15) is 13.2 Å². The Balaban J connectivity index is 1.98. The third-order valence-electron chi connectivity index (χ3n) is 3.39. The zero-order chi connectivity index (χ0) is 18.8. The van der Waals surface area contributed by atoms with Crippen molar-refractivity contribution in [1.29, 1.82) is 0 Å². The summed E-state index contributed by atoms with van der Waals surface area (Å²) >= 11 is 1.45. The number of amides is 1. The number of anilines is 1. The predicted molar refractivity (Wildman–Crippen MR) is 88.7 cm³/mol. The summed E-state index contributed by atoms with van der Waals surface area (Å²) in [7, 11) is 0. The topological polar surface area (TPSA) is 55.4 Å². The first-order chi connectivity index (χ1) is 11.6. The van der Waals surface area contributed by atoms with E-state index in [1.54, 1.807) is 13.0 Å². The Morgan fingerprint density at radius 2 is 1.76 bits per heavy atom. The van der Waals surface area contributed by atoms with Crippen LogP contribution in [0.5, 0.6) is 0 Å². The molecule has 0 fully saturated rings. The van der Waals surface area contributed by atoms with Gasteiger partial charge in [-0.05, 0) is 51.1 Å². The highest BCUT2D eigenvalue weighted by Crippen LogP contribution is 2.29. The second-order valence-electron chi connectivity index (χ2n) is 5.44. The summed E-state index contributed by atoms with van der Waals surface area (Å²) in [4.78, 5) is 25.9. The van der Waals surface area contributed by atoms with E-state index in [0.29, 0.717) is 5.56 Å². The summed E-state index contributed by atoms with van der Waals surface area (Å²) in [6.07, 6.45) is -5.53. The van der Waals surface area contributed by atoms with Crippen LogP contribution in [0, 0.1) is 13.8 Å². The molecule has 1 atom stereocenters. The number of rotatable bonds is 4. The lowest BCUT2D eigenvalue weighted by Crippen LogP contribution is -2.30. The van der Waals surface area contributed by atoms with Gasteiger partial charge in [0.05, 0.1) is 11.1 Å². The van der Waals surface area contributed by atoms with E-state index in [-0.39, 0.29) is 5.69 Å². The van der Waals surface area contributed by atoms with Gasteiger partial charge in [0.2, 0.25) is 0 Å². The molecule has 0 spiro atoms. The van der Waals surface area contributed by atoms with Gasteiger partial charge in [-0.25, -0.2) is 4.79 Å². The Kier molecular flexibility index (Phi) is 5.52. The number of carbonyl (C=O) groups excluding carboxylic acids is 2. The maximum Gasteiger partial charge on any atom is 0.416 e. The second kappa shape index (κ2) is 7.26. The molecule has 2 rings (SSSR count). The lowest BCUT2D eigenvalue weighted by molar-refractivity contribution is -0.137. The molecular formula is C17H16F3NO3S. The van der Waals surface area contributed by atoms with Gasteiger partial charge in [-0.1, -0.05) is 0 Å². The Hall–Kier alpha value is -2.35. The van der Waals surface area contributed by atoms with Crippen LogP contribution >= 0.6 is 11.3 Å². The lowest BCUT2D eigenvalue weighted by atomic mass is 10.2. The van der Waals surface area contributed by atoms with Gasteiger partial charge in [0.25, 0.3) is 5.91 Å². The number of alkyl halides is 3. The Morgan fingerprint density at radius 3 is 2.24 bits per heavy atom. The molecule has 0 saturated heterocycles. The average molecular weight is 371 g/mol. The minimum atomic E-state index is -4.44. The smallest absolute Gasteiger partial charge is 0.416 e. The van der Waals surface area contributed by atoms with Gasteiger partial charge in [-0.3, -0.25) is 4.79 Å². The van der Waals surface area contributed by atoms with E-state index in [9.17, 15) is 22.8 Å². The molecule has 0 aliphatic heterocycles. The van der Waals surface area contributed by atoms with E-state index >= 15 is 0 Å². The third kappa shape index (κ3) is 4.82. The van der Waals surface area contributed by atoms with Gasteiger partial charge in [-0.15, -0.1) is 11.3 Å². The highest BCUT2D eigenvalue weighted by molar-refractivity contribution is 7.12. The molecule has 1 N–H and O–H groups in total. The van der Waals surface area contributed by atoms with Gasteiger partial charge in [0.15, 0.2) is 6.10 Å². The van der Waals surface area contributed by atoms with Crippen molar-refractivity contribution in [3.63, 3.8) is 0 Å². The number of nitrogens with one attached hydrogen (secondary N) is 1. The number of carbonyl (C=O) groups is 2. The molecule has 2 aromatic rings. The molecule has 1 amide bonds. The zero-order valence-corrected chi connectivity index (χ0v) is 14.5. The third-order valence-corrected chi connectivity index (χ3v) is 4.36. The van der Waals surface area contributed by atoms with Crippen LogP contribution < -0.4 is 5.32 Å². The Morgan fingerprint density at radius 1 is 1.16 bits per heavy atom. The van der Waals surface area contributed by atoms with E-state index < -0.39 is 29.7 Å². The monoisotopic (exact) mass is 371 g/mol. The van der Waals surface area contributed by atoms with Crippen LogP contribution in [0.15, 0.2) is 30.3 Å². The number of hydrogen-bond acceptors (Lipinski definition) is 4. The van der Waals surface area contributed by atoms with Crippen molar-refractivity contribution in [3.8, 4) is 0 Å². The van der Waals surface area contributed by atoms with Crippen molar-refractivity contribution >= 4 is 28.9 Å². The molecule has 0 aliphatic carbocycles. The first kappa shape index (κ1) is 19.0. The maximum atomic E-state index is 12.5. The van der Waals surface area contributed by atoms with Crippen LogP contribution in [-0.2, 0) is 15.7 Å². The lowest BCUT2D eigenvalue weighted by Gasteiger charge is -2.14. The molecule has 4 nitrogen and oxygen atoms in total. The van der Waals surface area contributed by atoms with Crippen molar-refractivity contribution in [3.05, 3.63) is 51.2 Å². The highest BCUT2D eigenvalue weighted by atomic mass is 32.1. The molecule has 0 saturated carbocycles. The fourth-order valence-corrected chi connectivity index (χ4v) is 3.01. The minimum Gasteiger partial charge on any atom is -0.449 e. The first-order valence-corrected chi connectivity index (χ1v) is 8.15. The Bertz CT molecular complexity index is 781. The standard InChI is InChI=1S/C17H16F3NO3S/c1-9-8-14(11(3)25-9)16(23)24-10(2)15(22)21-13-6-4-12(5-7-13)17(18,19)20/h4-8,10H,1-3H3,(H,21,22)/t10-/m1/s1. The largest absolute Gasteiger partial charge is 0.449 e. The van der Waals surface area contributed by atoms with Crippen LogP contribution in [0.1, 0.15) is 32.6 Å². The molecule has 0 bridgehead atoms. The van der Waals surface area contributed by atoms with E-state index in [2.05, 4.69) is 5.32 Å². The molecule has 134 valence electrons. The van der Waals surface area contributed by atoms with Crippen molar-refractivity contribution in [1.82, 2.24) is 0 Å². The minimum absolute atomic E-state index is 0.184. The summed E-state index contributed by atoms with van der Waals surface area (Å²) in [6.45, 7) is 5.03. The summed E-state index contributed by atoms with van der Waals surface area (Å²) in [5, 5.41) is 2.42. The Labute approximate surface area is 146 Å². The molecule has 25 heavy (non-hydrogen) atoms. The van der Waals surface area contributed by atoms with Gasteiger partial charge < -0.3 is 10.1 Å². The summed E-state index contributed by atoms with van der Waals surface area (Å²) in [5.41, 5.74) is -0.228. The van der Waals surface area contributed by atoms with Gasteiger partial charge >= 0.3 is 12.1 Å². The SMILES string of the molecule is Cc1cc(C(=O)O[C@H](C)C(=O)Nc2ccc(C(F)(F)F)cc2)c(C)s1. The van der Waals surface area contributed by atoms with Crippen molar-refractivity contribution in [2.75, 3.05) is 5.32 Å². The second-order valence-corrected chi connectivity index (χ2v) is 6.90. The van der Waals surface area contributed by atoms with Gasteiger partial charge in [0.1, 0.15) is 0 Å². The molecule has 1 heterocycles. The van der Waals surface area contributed by atoms with Gasteiger partial charge in [0, 0.05) is 15.4 Å². The van der Waals surface area contributed by atoms with Crippen LogP contribution in [-0.4, -0.2) is 18.0 Å². The molecule has 0 unspecified atom stereocenters. The quantitative estimate of drug-likeness (QED) is 0.801. The number of ether oxygens (including phenoxy) is 1. The summed E-state index contributed by atoms with van der Waals surface area (Å²) < 4.78 is 42.6. The molecule has 1 aromatic carbocycles. The molecule has 0 aliphatic rings. The average Bonchev–Trinajstić information content (AvgIpc) is 2.85. The predicted octanol–water partition coefficient (Wildman–Crippen LogP) is 4.57. The number of esters is 1. The first-order valence-electron chi connectivity index (χ1n) is 7.34. The van der Waals surface area contributed by atoms with Crippen LogP contribution in [0.2, 0.25) is 0 Å². The van der Waals surface area contributed by atoms with E-state index in [4.69, 9.17) is 4.74 Å². The zero-order valence-electron chi connectivity index (χ0n) is 13.7.